The summed E-state index contributed by atoms with van der Waals surface area (Å²) in [5, 5.41) is 25.4. The molecule has 34 heavy (non-hydrogen) atoms. The van der Waals surface area contributed by atoms with Crippen LogP contribution in [-0.4, -0.2) is 35.6 Å². The lowest BCUT2D eigenvalue weighted by molar-refractivity contribution is 0.0186. The summed E-state index contributed by atoms with van der Waals surface area (Å²) in [6.07, 6.45) is -2.98. The number of hydrogen-bond acceptors (Lipinski definition) is 5. The maximum absolute atomic E-state index is 12.4. The van der Waals surface area contributed by atoms with Gasteiger partial charge in [0.2, 0.25) is 0 Å². The molecule has 1 amide bonds. The average molecular weight is 455 g/mol. The Labute approximate surface area is 197 Å². The van der Waals surface area contributed by atoms with Crippen LogP contribution in [0.1, 0.15) is 28.7 Å². The van der Waals surface area contributed by atoms with Gasteiger partial charge in [0.1, 0.15) is 18.8 Å². The van der Waals surface area contributed by atoms with Crippen molar-refractivity contribution in [2.75, 3.05) is 18.9 Å². The molecule has 0 heterocycles. The molecule has 0 spiro atoms. The molecule has 0 radical (unpaired) electrons. The van der Waals surface area contributed by atoms with Gasteiger partial charge in [-0.05, 0) is 56.8 Å². The Bertz CT molecular complexity index is 1310. The highest BCUT2D eigenvalue weighted by Gasteiger charge is 2.29. The van der Waals surface area contributed by atoms with Crippen LogP contribution in [0.4, 0.5) is 10.5 Å². The van der Waals surface area contributed by atoms with Crippen LogP contribution in [0.15, 0.2) is 84.9 Å². The zero-order valence-corrected chi connectivity index (χ0v) is 18.5. The third-order valence-electron chi connectivity index (χ3n) is 6.39. The summed E-state index contributed by atoms with van der Waals surface area (Å²) in [5.74, 6) is -0.0414. The Morgan fingerprint density at radius 2 is 1.50 bits per heavy atom. The molecule has 0 aromatic heterocycles. The fourth-order valence-corrected chi connectivity index (χ4v) is 4.64. The Hall–Kier alpha value is -3.87. The zero-order valence-electron chi connectivity index (χ0n) is 18.5. The van der Waals surface area contributed by atoms with E-state index in [0.29, 0.717) is 11.3 Å². The first kappa shape index (κ1) is 21.9. The van der Waals surface area contributed by atoms with Gasteiger partial charge in [0.15, 0.2) is 0 Å². The Kier molecular flexibility index (Phi) is 5.92. The fraction of sp³-hybridized carbons (Fsp3) is 0.179. The van der Waals surface area contributed by atoms with Crippen molar-refractivity contribution in [3.05, 3.63) is 102 Å². The summed E-state index contributed by atoms with van der Waals surface area (Å²) >= 11 is 0. The summed E-state index contributed by atoms with van der Waals surface area (Å²) in [5.41, 5.74) is 11.6. The van der Waals surface area contributed by atoms with Gasteiger partial charge in [-0.15, -0.1) is 0 Å². The van der Waals surface area contributed by atoms with Crippen molar-refractivity contribution >= 4 is 22.6 Å². The summed E-state index contributed by atoms with van der Waals surface area (Å²) in [6, 6.07) is 27.1. The van der Waals surface area contributed by atoms with Crippen LogP contribution in [0, 0.1) is 0 Å². The number of alkyl carbamates (subject to hydrolysis) is 1. The van der Waals surface area contributed by atoms with E-state index in [-0.39, 0.29) is 19.1 Å². The lowest BCUT2D eigenvalue weighted by Gasteiger charge is -2.20. The number of aliphatic hydroxyl groups is 2. The van der Waals surface area contributed by atoms with Crippen LogP contribution < -0.4 is 11.1 Å². The van der Waals surface area contributed by atoms with Crippen molar-refractivity contribution < 1.29 is 19.7 Å². The molecule has 172 valence electrons. The van der Waals surface area contributed by atoms with Crippen LogP contribution >= 0.6 is 0 Å². The number of amides is 1. The lowest BCUT2D eigenvalue weighted by Crippen LogP contribution is -2.36. The van der Waals surface area contributed by atoms with Gasteiger partial charge in [0.25, 0.3) is 0 Å². The van der Waals surface area contributed by atoms with Crippen LogP contribution in [0.2, 0.25) is 0 Å². The number of aliphatic hydroxyl groups excluding tert-OH is 2. The summed E-state index contributed by atoms with van der Waals surface area (Å²) < 4.78 is 5.49. The Morgan fingerprint density at radius 3 is 2.21 bits per heavy atom. The maximum atomic E-state index is 12.4. The number of nitrogen functional groups attached to an aromatic ring is 1. The monoisotopic (exact) mass is 454 g/mol. The summed E-state index contributed by atoms with van der Waals surface area (Å²) in [7, 11) is 0. The second-order valence-electron chi connectivity index (χ2n) is 8.58. The molecule has 0 aliphatic heterocycles. The van der Waals surface area contributed by atoms with Gasteiger partial charge in [-0.1, -0.05) is 66.7 Å². The number of benzene rings is 4. The van der Waals surface area contributed by atoms with Crippen molar-refractivity contribution in [3.8, 4) is 11.1 Å². The Morgan fingerprint density at radius 1 is 0.882 bits per heavy atom. The van der Waals surface area contributed by atoms with E-state index < -0.39 is 18.3 Å². The van der Waals surface area contributed by atoms with Crippen LogP contribution in [-0.2, 0) is 4.74 Å². The molecule has 0 bridgehead atoms. The molecule has 0 fully saturated rings. The molecule has 6 heteroatoms. The Balaban J connectivity index is 1.19. The highest BCUT2D eigenvalue weighted by molar-refractivity contribution is 5.86. The van der Waals surface area contributed by atoms with Gasteiger partial charge in [0.05, 0.1) is 0 Å². The van der Waals surface area contributed by atoms with Crippen molar-refractivity contribution in [1.82, 2.24) is 5.32 Å². The van der Waals surface area contributed by atoms with Crippen LogP contribution in [0.25, 0.3) is 21.9 Å². The molecule has 6 nitrogen and oxygen atoms in total. The van der Waals surface area contributed by atoms with Crippen molar-refractivity contribution in [2.24, 2.45) is 0 Å². The number of nitrogens with two attached hydrogens (primary N) is 1. The van der Waals surface area contributed by atoms with E-state index in [9.17, 15) is 15.0 Å². The van der Waals surface area contributed by atoms with Gasteiger partial charge < -0.3 is 26.0 Å². The van der Waals surface area contributed by atoms with Gasteiger partial charge in [-0.2, -0.15) is 0 Å². The predicted octanol–water partition coefficient (Wildman–Crippen LogP) is 4.36. The molecule has 1 aliphatic carbocycles. The standard InChI is InChI=1S/C28H26N2O4/c29-20-12-11-17-13-19(10-9-18(17)14-20)27(32)26(31)15-30-28(33)34-16-25-23-7-3-1-5-21(23)22-6-2-4-8-24(22)25/h1-14,25-27,31-32H,15-16,29H2,(H,30,33). The summed E-state index contributed by atoms with van der Waals surface area (Å²) in [6.45, 7) is 0.0456. The highest BCUT2D eigenvalue weighted by Crippen LogP contribution is 2.44. The first-order valence-corrected chi connectivity index (χ1v) is 11.3. The average Bonchev–Trinajstić information content (AvgIpc) is 3.19. The molecular weight excluding hydrogens is 428 g/mol. The molecule has 1 aliphatic rings. The number of ether oxygens (including phenoxy) is 1. The number of fused-ring (bicyclic) bond motifs is 4. The quantitative estimate of drug-likeness (QED) is 0.324. The number of hydrogen-bond donors (Lipinski definition) is 4. The highest BCUT2D eigenvalue weighted by atomic mass is 16.5. The first-order chi connectivity index (χ1) is 16.5. The number of carbonyl (C=O) groups is 1. The van der Waals surface area contributed by atoms with E-state index in [1.54, 1.807) is 18.2 Å². The molecular formula is C28H26N2O4. The molecule has 0 saturated carbocycles. The largest absolute Gasteiger partial charge is 0.449 e. The van der Waals surface area contributed by atoms with Gasteiger partial charge in [-0.25, -0.2) is 4.79 Å². The molecule has 2 unspecified atom stereocenters. The fourth-order valence-electron chi connectivity index (χ4n) is 4.64. The molecule has 4 aromatic rings. The zero-order chi connectivity index (χ0) is 23.7. The van der Waals surface area contributed by atoms with Crippen molar-refractivity contribution in [3.63, 3.8) is 0 Å². The van der Waals surface area contributed by atoms with Gasteiger partial charge in [0, 0.05) is 18.2 Å². The van der Waals surface area contributed by atoms with Crippen molar-refractivity contribution in [1.29, 1.82) is 0 Å². The van der Waals surface area contributed by atoms with E-state index in [0.717, 1.165) is 33.0 Å². The van der Waals surface area contributed by atoms with E-state index in [1.165, 1.54) is 0 Å². The normalized spacial score (nSPS) is 14.3. The topological polar surface area (TPSA) is 105 Å². The van der Waals surface area contributed by atoms with E-state index in [2.05, 4.69) is 29.6 Å². The number of nitrogens with one attached hydrogen (secondary N) is 1. The lowest BCUT2D eigenvalue weighted by atomic mass is 9.98. The first-order valence-electron chi connectivity index (χ1n) is 11.3. The minimum atomic E-state index is -1.19. The molecule has 0 saturated heterocycles. The van der Waals surface area contributed by atoms with E-state index >= 15 is 0 Å². The molecule has 4 aromatic carbocycles. The third-order valence-corrected chi connectivity index (χ3v) is 6.39. The minimum absolute atomic E-state index is 0.0414. The van der Waals surface area contributed by atoms with Crippen LogP contribution in [0.3, 0.4) is 0 Å². The second-order valence-corrected chi connectivity index (χ2v) is 8.58. The minimum Gasteiger partial charge on any atom is -0.449 e. The van der Waals surface area contributed by atoms with Gasteiger partial charge >= 0.3 is 6.09 Å². The van der Waals surface area contributed by atoms with Gasteiger partial charge in [-0.3, -0.25) is 0 Å². The number of rotatable bonds is 6. The maximum Gasteiger partial charge on any atom is 0.407 e. The van der Waals surface area contributed by atoms with Crippen LogP contribution in [0.5, 0.6) is 0 Å². The number of carbonyl (C=O) groups excluding carboxylic acids is 1. The smallest absolute Gasteiger partial charge is 0.407 e. The second kappa shape index (κ2) is 9.17. The van der Waals surface area contributed by atoms with Crippen molar-refractivity contribution in [2.45, 2.75) is 18.1 Å². The summed E-state index contributed by atoms with van der Waals surface area (Å²) in [4.78, 5) is 12.4. The molecule has 2 atom stereocenters. The molecule has 5 rings (SSSR count). The number of anilines is 1. The van der Waals surface area contributed by atoms with E-state index in [4.69, 9.17) is 10.5 Å². The third kappa shape index (κ3) is 4.21. The molecule has 5 N–H and O–H groups in total. The SMILES string of the molecule is Nc1ccc2cc(C(O)C(O)CNC(=O)OCC3c4ccccc4-c4ccccc43)ccc2c1. The predicted molar refractivity (Wildman–Crippen MR) is 132 cm³/mol. The van der Waals surface area contributed by atoms with E-state index in [1.807, 2.05) is 42.5 Å².